The van der Waals surface area contributed by atoms with Crippen molar-refractivity contribution in [1.82, 2.24) is 20.0 Å². The number of alkyl halides is 2. The number of hydrogen-bond donors (Lipinski definition) is 2. The maximum absolute atomic E-state index is 13.7. The van der Waals surface area contributed by atoms with Gasteiger partial charge in [0.25, 0.3) is 5.92 Å². The van der Waals surface area contributed by atoms with E-state index in [1.165, 1.54) is 4.90 Å². The Bertz CT molecular complexity index is 1410. The van der Waals surface area contributed by atoms with E-state index in [4.69, 9.17) is 14.2 Å². The van der Waals surface area contributed by atoms with Crippen molar-refractivity contribution in [2.24, 2.45) is 11.8 Å². The number of piperidine rings is 2. The minimum Gasteiger partial charge on any atom is -0.445 e. The van der Waals surface area contributed by atoms with Gasteiger partial charge < -0.3 is 34.4 Å². The van der Waals surface area contributed by atoms with Crippen LogP contribution in [0.4, 0.5) is 23.2 Å². The van der Waals surface area contributed by atoms with Crippen LogP contribution in [0, 0.1) is 11.8 Å². The number of ether oxygens (including phenoxy) is 3. The molecule has 0 radical (unpaired) electrons. The van der Waals surface area contributed by atoms with Crippen molar-refractivity contribution in [1.29, 1.82) is 0 Å². The van der Waals surface area contributed by atoms with Crippen LogP contribution in [0.25, 0.3) is 0 Å². The fourth-order valence-electron chi connectivity index (χ4n) is 7.66. The maximum atomic E-state index is 13.7. The standard InChI is InChI=1S/C22H32N2O5.C14H24F2N2O2.C6H8/c1-22(2,3)29-21(27)24-14-18(25)13-19(24)17-9-11-23(12-10-17)20(26)28-15-16-7-5-4-6-8-16;1-13(2,3)20-12(19)18-9-14(15,16)8-11(18)10-4-6-17-7-5-10;1-2-4-6-5-3-1/h4-8,17-19,25H,9-15H2,1-3H3;10-11,17H,4-9H2,1-3H3;1-2,5-6H,3-4H2/t18?,19-;;/m0../s1. The molecule has 4 aliphatic heterocycles. The number of likely N-dealkylation sites (tertiary alicyclic amines) is 3. The number of hydrogen-bond acceptors (Lipinski definition) is 8. The summed E-state index contributed by atoms with van der Waals surface area (Å²) in [6.45, 7) is 13.7. The van der Waals surface area contributed by atoms with Crippen LogP contribution in [-0.2, 0) is 20.8 Å². The Morgan fingerprint density at radius 3 is 1.84 bits per heavy atom. The number of aliphatic hydroxyl groups is 1. The van der Waals surface area contributed by atoms with Gasteiger partial charge >= 0.3 is 18.3 Å². The summed E-state index contributed by atoms with van der Waals surface area (Å²) in [4.78, 5) is 41.7. The normalized spacial score (nSPS) is 24.3. The second-order valence-corrected chi connectivity index (χ2v) is 17.2. The molecule has 55 heavy (non-hydrogen) atoms. The summed E-state index contributed by atoms with van der Waals surface area (Å²) in [5.41, 5.74) is -0.266. The summed E-state index contributed by atoms with van der Waals surface area (Å²) in [5.74, 6) is -2.43. The Labute approximate surface area is 326 Å². The van der Waals surface area contributed by atoms with Crippen LogP contribution < -0.4 is 5.32 Å². The van der Waals surface area contributed by atoms with Crippen molar-refractivity contribution in [3.8, 4) is 0 Å². The molecule has 0 bridgehead atoms. The van der Waals surface area contributed by atoms with Gasteiger partial charge in [0.1, 0.15) is 17.8 Å². The van der Waals surface area contributed by atoms with Gasteiger partial charge in [0.15, 0.2) is 0 Å². The molecule has 2 N–H and O–H groups in total. The van der Waals surface area contributed by atoms with Crippen molar-refractivity contribution >= 4 is 18.3 Å². The first-order valence-electron chi connectivity index (χ1n) is 19.9. The molecule has 2 unspecified atom stereocenters. The first-order chi connectivity index (χ1) is 25.9. The van der Waals surface area contributed by atoms with Crippen molar-refractivity contribution < 1.29 is 42.5 Å². The van der Waals surface area contributed by atoms with Crippen molar-refractivity contribution in [2.45, 2.75) is 135 Å². The highest BCUT2D eigenvalue weighted by Gasteiger charge is 2.50. The topological polar surface area (TPSA) is 121 Å². The van der Waals surface area contributed by atoms with Crippen LogP contribution in [0.1, 0.15) is 98.5 Å². The summed E-state index contributed by atoms with van der Waals surface area (Å²) >= 11 is 0. The van der Waals surface area contributed by atoms with Crippen LogP contribution in [0.15, 0.2) is 54.6 Å². The Kier molecular flexibility index (Phi) is 16.0. The number of nitrogens with zero attached hydrogens (tertiary/aromatic N) is 3. The number of carbonyl (C=O) groups is 3. The third-order valence-corrected chi connectivity index (χ3v) is 10.2. The van der Waals surface area contributed by atoms with Crippen LogP contribution in [0.3, 0.4) is 0 Å². The first kappa shape index (κ1) is 44.0. The van der Waals surface area contributed by atoms with E-state index in [9.17, 15) is 28.3 Å². The fourth-order valence-corrected chi connectivity index (χ4v) is 7.66. The summed E-state index contributed by atoms with van der Waals surface area (Å²) < 4.78 is 43.7. The molecule has 4 saturated heterocycles. The molecule has 0 spiro atoms. The molecule has 5 aliphatic rings. The predicted octanol–water partition coefficient (Wildman–Crippen LogP) is 7.93. The monoisotopic (exact) mass is 774 g/mol. The van der Waals surface area contributed by atoms with Crippen molar-refractivity contribution in [3.05, 3.63) is 60.2 Å². The third-order valence-electron chi connectivity index (χ3n) is 10.2. The van der Waals surface area contributed by atoms with Crippen LogP contribution >= 0.6 is 0 Å². The zero-order chi connectivity index (χ0) is 40.2. The summed E-state index contributed by atoms with van der Waals surface area (Å²) in [5, 5.41) is 13.4. The number of benzene rings is 1. The molecule has 3 atom stereocenters. The number of carbonyl (C=O) groups excluding carboxylic acids is 3. The summed E-state index contributed by atoms with van der Waals surface area (Å²) in [6.07, 6.45) is 12.7. The Morgan fingerprint density at radius 1 is 0.782 bits per heavy atom. The molecule has 3 amide bonds. The van der Waals surface area contributed by atoms with Crippen molar-refractivity contribution in [3.63, 3.8) is 0 Å². The fraction of sp³-hybridized carbons (Fsp3) is 0.690. The number of rotatable bonds is 4. The highest BCUT2D eigenvalue weighted by Crippen LogP contribution is 2.39. The number of β-amino-alcohol motifs (C(OH)–C–C–N with tert-alkyl or cyclic N) is 1. The first-order valence-corrected chi connectivity index (χ1v) is 19.9. The van der Waals surface area contributed by atoms with Crippen LogP contribution in [-0.4, -0.2) is 113 Å². The van der Waals surface area contributed by atoms with Gasteiger partial charge in [-0.2, -0.15) is 0 Å². The molecule has 308 valence electrons. The van der Waals surface area contributed by atoms with Crippen LogP contribution in [0.2, 0.25) is 0 Å². The van der Waals surface area contributed by atoms with E-state index >= 15 is 0 Å². The van der Waals surface area contributed by atoms with Gasteiger partial charge in [0.05, 0.1) is 19.2 Å². The Hall–Kier alpha value is -3.71. The number of allylic oxidation sites excluding steroid dienone is 4. The lowest BCUT2D eigenvalue weighted by atomic mass is 9.88. The summed E-state index contributed by atoms with van der Waals surface area (Å²) in [7, 11) is 0. The van der Waals surface area contributed by atoms with E-state index in [2.05, 4.69) is 29.6 Å². The molecule has 0 aromatic heterocycles. The molecule has 1 aromatic rings. The van der Waals surface area contributed by atoms with Gasteiger partial charge in [-0.25, -0.2) is 23.2 Å². The van der Waals surface area contributed by atoms with Crippen LogP contribution in [0.5, 0.6) is 0 Å². The minimum atomic E-state index is -2.80. The van der Waals surface area contributed by atoms with Gasteiger partial charge in [-0.15, -0.1) is 0 Å². The lowest BCUT2D eigenvalue weighted by Gasteiger charge is -2.37. The largest absolute Gasteiger partial charge is 0.445 e. The number of aliphatic hydroxyl groups excluding tert-OH is 1. The molecule has 4 heterocycles. The molecule has 6 rings (SSSR count). The molecular weight excluding hydrogens is 710 g/mol. The molecule has 13 heteroatoms. The Morgan fingerprint density at radius 2 is 1.31 bits per heavy atom. The molecule has 1 aromatic carbocycles. The van der Waals surface area contributed by atoms with E-state index in [0.717, 1.165) is 57.2 Å². The SMILES string of the molecule is C1=CCC=CC1.CC(C)(C)OC(=O)N1CC(F)(F)CC1C1CCNCC1.CC(C)(C)OC(=O)N1CC(O)C[C@H]1C1CCN(C(=O)OCc2ccccc2)CC1. The molecule has 0 saturated carbocycles. The summed E-state index contributed by atoms with van der Waals surface area (Å²) in [6, 6.07) is 9.16. The third kappa shape index (κ3) is 14.7. The number of amides is 3. The minimum absolute atomic E-state index is 0.0534. The zero-order valence-electron chi connectivity index (χ0n) is 33.7. The van der Waals surface area contributed by atoms with E-state index in [1.54, 1.807) is 30.6 Å². The van der Waals surface area contributed by atoms with Crippen molar-refractivity contribution in [2.75, 3.05) is 39.3 Å². The van der Waals surface area contributed by atoms with Gasteiger partial charge in [0, 0.05) is 31.6 Å². The highest BCUT2D eigenvalue weighted by atomic mass is 19.3. The van der Waals surface area contributed by atoms with Gasteiger partial charge in [-0.3, -0.25) is 4.90 Å². The smallest absolute Gasteiger partial charge is 0.410 e. The molecular formula is C42H64F2N4O7. The maximum Gasteiger partial charge on any atom is 0.410 e. The van der Waals surface area contributed by atoms with E-state index < -0.39 is 41.9 Å². The van der Waals surface area contributed by atoms with Gasteiger partial charge in [-0.1, -0.05) is 54.6 Å². The van der Waals surface area contributed by atoms with Gasteiger partial charge in [-0.05, 0) is 117 Å². The highest BCUT2D eigenvalue weighted by molar-refractivity contribution is 5.70. The number of nitrogens with one attached hydrogen (secondary N) is 1. The van der Waals surface area contributed by atoms with Gasteiger partial charge in [0.2, 0.25) is 0 Å². The Balaban J connectivity index is 0.000000222. The lowest BCUT2D eigenvalue weighted by molar-refractivity contribution is -0.00304. The van der Waals surface area contributed by atoms with E-state index in [-0.39, 0.29) is 43.1 Å². The van der Waals surface area contributed by atoms with E-state index in [0.29, 0.717) is 26.1 Å². The average Bonchev–Trinajstić information content (AvgIpc) is 3.70. The second kappa shape index (κ2) is 19.9. The second-order valence-electron chi connectivity index (χ2n) is 17.2. The molecule has 4 fully saturated rings. The average molecular weight is 775 g/mol. The number of halogens is 2. The molecule has 11 nitrogen and oxygen atoms in total. The predicted molar refractivity (Wildman–Crippen MR) is 208 cm³/mol. The quantitative estimate of drug-likeness (QED) is 0.234. The van der Waals surface area contributed by atoms with E-state index in [1.807, 2.05) is 51.1 Å². The zero-order valence-corrected chi connectivity index (χ0v) is 33.7. The lowest BCUT2D eigenvalue weighted by Crippen LogP contribution is -2.47. The molecule has 1 aliphatic carbocycles.